The average Bonchev–Trinajstić information content (AvgIpc) is 3.14. The molecular weight excluding hydrogens is 439 g/mol. The Morgan fingerprint density at radius 1 is 1.15 bits per heavy atom. The summed E-state index contributed by atoms with van der Waals surface area (Å²) in [7, 11) is 0. The normalized spacial score (nSPS) is 25.5. The third-order valence-corrected chi connectivity index (χ3v) is 7.03. The van der Waals surface area contributed by atoms with Crippen molar-refractivity contribution < 1.29 is 28.6 Å². The molecular formula is C26H29FN2O5. The molecule has 2 aromatic carbocycles. The molecule has 3 N–H and O–H groups in total. The van der Waals surface area contributed by atoms with Crippen LogP contribution < -0.4 is 15.4 Å². The average molecular weight is 469 g/mol. The van der Waals surface area contributed by atoms with E-state index in [9.17, 15) is 19.1 Å². The molecule has 1 saturated carbocycles. The molecule has 180 valence electrons. The molecule has 1 aliphatic carbocycles. The number of rotatable bonds is 7. The van der Waals surface area contributed by atoms with E-state index < -0.39 is 12.2 Å². The van der Waals surface area contributed by atoms with Crippen LogP contribution in [0.1, 0.15) is 49.1 Å². The molecule has 2 aromatic rings. The second-order valence-electron chi connectivity index (χ2n) is 9.38. The fourth-order valence-corrected chi connectivity index (χ4v) is 5.01. The van der Waals surface area contributed by atoms with Crippen LogP contribution in [0.3, 0.4) is 0 Å². The van der Waals surface area contributed by atoms with Crippen molar-refractivity contribution in [3.05, 3.63) is 59.4 Å². The first-order valence-corrected chi connectivity index (χ1v) is 11.9. The Kier molecular flexibility index (Phi) is 6.52. The highest BCUT2D eigenvalue weighted by Crippen LogP contribution is 2.47. The van der Waals surface area contributed by atoms with Crippen molar-refractivity contribution in [2.45, 2.75) is 62.9 Å². The molecule has 2 amide bonds. The summed E-state index contributed by atoms with van der Waals surface area (Å²) in [5.41, 5.74) is 2.38. The molecule has 4 atom stereocenters. The number of fused-ring (bicyclic) bond motifs is 3. The number of halogens is 1. The monoisotopic (exact) mass is 468 g/mol. The number of aliphatic hydroxyl groups excluding tert-OH is 1. The maximum Gasteiger partial charge on any atom is 0.227 e. The zero-order chi connectivity index (χ0) is 23.7. The molecule has 8 heteroatoms. The van der Waals surface area contributed by atoms with Gasteiger partial charge in [-0.15, -0.1) is 0 Å². The van der Waals surface area contributed by atoms with Crippen molar-refractivity contribution in [2.24, 2.45) is 5.92 Å². The van der Waals surface area contributed by atoms with E-state index in [0.29, 0.717) is 12.0 Å². The minimum atomic E-state index is -0.555. The van der Waals surface area contributed by atoms with Gasteiger partial charge in [-0.3, -0.25) is 9.59 Å². The minimum Gasteiger partial charge on any atom is -0.487 e. The van der Waals surface area contributed by atoms with Gasteiger partial charge in [0, 0.05) is 29.6 Å². The van der Waals surface area contributed by atoms with Crippen LogP contribution in [0.2, 0.25) is 0 Å². The molecule has 3 aliphatic rings. The lowest BCUT2D eigenvalue weighted by molar-refractivity contribution is -0.142. The Bertz CT molecular complexity index is 1070. The summed E-state index contributed by atoms with van der Waals surface area (Å²) >= 11 is 0. The zero-order valence-corrected chi connectivity index (χ0v) is 18.8. The number of carbonyl (C=O) groups is 2. The molecule has 34 heavy (non-hydrogen) atoms. The summed E-state index contributed by atoms with van der Waals surface area (Å²) in [6, 6.07) is 11.7. The maximum atomic E-state index is 13.4. The van der Waals surface area contributed by atoms with Gasteiger partial charge in [-0.25, -0.2) is 4.39 Å². The van der Waals surface area contributed by atoms with Crippen LogP contribution in [0, 0.1) is 11.7 Å². The summed E-state index contributed by atoms with van der Waals surface area (Å²) in [4.78, 5) is 24.9. The molecule has 2 heterocycles. The van der Waals surface area contributed by atoms with Crippen LogP contribution in [0.25, 0.3) is 0 Å². The minimum absolute atomic E-state index is 0.0507. The van der Waals surface area contributed by atoms with Crippen molar-refractivity contribution in [1.29, 1.82) is 0 Å². The van der Waals surface area contributed by atoms with Gasteiger partial charge in [0.2, 0.25) is 11.8 Å². The number of hydrogen-bond donors (Lipinski definition) is 3. The highest BCUT2D eigenvalue weighted by Gasteiger charge is 2.46. The van der Waals surface area contributed by atoms with Gasteiger partial charge in [0.25, 0.3) is 0 Å². The lowest BCUT2D eigenvalue weighted by atomic mass is 9.83. The van der Waals surface area contributed by atoms with Gasteiger partial charge in [-0.1, -0.05) is 18.6 Å². The number of hydrogen-bond acceptors (Lipinski definition) is 5. The van der Waals surface area contributed by atoms with Crippen LogP contribution >= 0.6 is 0 Å². The molecule has 0 radical (unpaired) electrons. The Morgan fingerprint density at radius 3 is 2.74 bits per heavy atom. The summed E-state index contributed by atoms with van der Waals surface area (Å²) in [6.45, 7) is 0.0105. The van der Waals surface area contributed by atoms with Gasteiger partial charge < -0.3 is 25.2 Å². The number of aliphatic hydroxyl groups is 1. The van der Waals surface area contributed by atoms with E-state index in [4.69, 9.17) is 9.47 Å². The third-order valence-electron chi connectivity index (χ3n) is 7.03. The first-order chi connectivity index (χ1) is 16.5. The Balaban J connectivity index is 1.24. The second-order valence-corrected chi connectivity index (χ2v) is 9.38. The molecule has 2 aliphatic heterocycles. The number of ether oxygens (including phenoxy) is 2. The molecule has 0 aromatic heterocycles. The van der Waals surface area contributed by atoms with Crippen LogP contribution in [0.5, 0.6) is 5.75 Å². The number of benzene rings is 2. The zero-order valence-electron chi connectivity index (χ0n) is 18.8. The maximum absolute atomic E-state index is 13.4. The van der Waals surface area contributed by atoms with Crippen LogP contribution in [-0.2, 0) is 20.9 Å². The molecule has 2 fully saturated rings. The van der Waals surface area contributed by atoms with Crippen LogP contribution in [-0.4, -0.2) is 41.8 Å². The number of amides is 2. The van der Waals surface area contributed by atoms with Gasteiger partial charge >= 0.3 is 0 Å². The fourth-order valence-electron chi connectivity index (χ4n) is 5.01. The van der Waals surface area contributed by atoms with Crippen LogP contribution in [0.4, 0.5) is 10.1 Å². The predicted molar refractivity (Wildman–Crippen MR) is 123 cm³/mol. The Labute approximate surface area is 197 Å². The lowest BCUT2D eigenvalue weighted by Gasteiger charge is -2.37. The van der Waals surface area contributed by atoms with Crippen LogP contribution in [0.15, 0.2) is 42.5 Å². The molecule has 7 nitrogen and oxygen atoms in total. The Morgan fingerprint density at radius 2 is 2.00 bits per heavy atom. The molecule has 0 spiro atoms. The smallest absolute Gasteiger partial charge is 0.227 e. The summed E-state index contributed by atoms with van der Waals surface area (Å²) in [5.74, 6) is 0.258. The SMILES string of the molecule is O=C(C[C@H]1C[C@H]2c3cc(NC(=O)C4CCC4)ccc3O[C@H]2[C@H](CO)O1)NCc1cccc(F)c1. The first-order valence-electron chi connectivity index (χ1n) is 11.9. The van der Waals surface area contributed by atoms with Crippen molar-refractivity contribution in [2.75, 3.05) is 11.9 Å². The highest BCUT2D eigenvalue weighted by atomic mass is 19.1. The standard InChI is InChI=1S/C26H29FN2O5/c27-17-6-1-3-15(9-17)13-28-24(31)12-19-11-21-20-10-18(29-26(32)16-4-2-5-16)7-8-22(20)34-25(21)23(14-30)33-19/h1,3,6-10,16,19,21,23,25,30H,2,4-5,11-14H2,(H,28,31)(H,29,32)/t19-,21+,23+,25-/m1/s1. The second kappa shape index (κ2) is 9.72. The van der Waals surface area contributed by atoms with E-state index >= 15 is 0 Å². The van der Waals surface area contributed by atoms with Crippen molar-refractivity contribution in [3.8, 4) is 5.75 Å². The van der Waals surface area contributed by atoms with Crippen molar-refractivity contribution in [1.82, 2.24) is 5.32 Å². The number of nitrogens with one attached hydrogen (secondary N) is 2. The Hall–Kier alpha value is -2.97. The van der Waals surface area contributed by atoms with E-state index in [1.807, 2.05) is 18.2 Å². The van der Waals surface area contributed by atoms with Crippen molar-refractivity contribution >= 4 is 17.5 Å². The summed E-state index contributed by atoms with van der Waals surface area (Å²) in [6.07, 6.45) is 2.36. The molecule has 5 rings (SSSR count). The van der Waals surface area contributed by atoms with Gasteiger partial charge in [0.05, 0.1) is 19.1 Å². The number of anilines is 1. The van der Waals surface area contributed by atoms with E-state index in [2.05, 4.69) is 10.6 Å². The predicted octanol–water partition coefficient (Wildman–Crippen LogP) is 3.27. The number of carbonyl (C=O) groups excluding carboxylic acids is 2. The molecule has 0 bridgehead atoms. The van der Waals surface area contributed by atoms with Gasteiger partial charge in [0.15, 0.2) is 0 Å². The molecule has 1 saturated heterocycles. The van der Waals surface area contributed by atoms with E-state index in [0.717, 1.165) is 36.3 Å². The quantitative estimate of drug-likeness (QED) is 0.580. The van der Waals surface area contributed by atoms with E-state index in [1.54, 1.807) is 12.1 Å². The van der Waals surface area contributed by atoms with Gasteiger partial charge in [-0.2, -0.15) is 0 Å². The third kappa shape index (κ3) is 4.79. The van der Waals surface area contributed by atoms with E-state index in [1.165, 1.54) is 12.1 Å². The van der Waals surface area contributed by atoms with Crippen molar-refractivity contribution in [3.63, 3.8) is 0 Å². The largest absolute Gasteiger partial charge is 0.487 e. The summed E-state index contributed by atoms with van der Waals surface area (Å²) in [5, 5.41) is 15.7. The molecule has 0 unspecified atom stereocenters. The fraction of sp³-hybridized carbons (Fsp3) is 0.462. The summed E-state index contributed by atoms with van der Waals surface area (Å²) < 4.78 is 25.5. The topological polar surface area (TPSA) is 96.9 Å². The van der Waals surface area contributed by atoms with E-state index in [-0.39, 0.29) is 55.1 Å². The van der Waals surface area contributed by atoms with Gasteiger partial charge in [0.1, 0.15) is 23.8 Å². The van der Waals surface area contributed by atoms with Gasteiger partial charge in [-0.05, 0) is 55.2 Å². The highest BCUT2D eigenvalue weighted by molar-refractivity contribution is 5.93. The first kappa shape index (κ1) is 22.8. The lowest BCUT2D eigenvalue weighted by Crippen LogP contribution is -2.47.